The van der Waals surface area contributed by atoms with E-state index in [1.165, 1.54) is 4.90 Å². The summed E-state index contributed by atoms with van der Waals surface area (Å²) >= 11 is 0. The summed E-state index contributed by atoms with van der Waals surface area (Å²) < 4.78 is 62.6. The van der Waals surface area contributed by atoms with Gasteiger partial charge in [0.15, 0.2) is 5.79 Å². The Balaban J connectivity index is 1.74. The zero-order valence-corrected chi connectivity index (χ0v) is 12.2. The maximum absolute atomic E-state index is 13.3. The molecular weight excluding hydrogens is 318 g/mol. The van der Waals surface area contributed by atoms with Crippen LogP contribution in [0.1, 0.15) is 28.8 Å². The van der Waals surface area contributed by atoms with E-state index in [2.05, 4.69) is 0 Å². The van der Waals surface area contributed by atoms with E-state index >= 15 is 0 Å². The maximum atomic E-state index is 13.3. The van der Waals surface area contributed by atoms with Gasteiger partial charge in [0.2, 0.25) is 0 Å². The minimum atomic E-state index is -4.84. The summed E-state index contributed by atoms with van der Waals surface area (Å²) in [5.41, 5.74) is -1.61. The van der Waals surface area contributed by atoms with Gasteiger partial charge >= 0.3 is 6.18 Å². The monoisotopic (exact) mass is 333 g/mol. The molecular formula is C15H15F4NO3. The maximum Gasteiger partial charge on any atom is 0.419 e. The molecule has 0 atom stereocenters. The molecule has 8 heteroatoms. The van der Waals surface area contributed by atoms with Gasteiger partial charge in [0, 0.05) is 31.5 Å². The molecule has 2 aliphatic heterocycles. The Morgan fingerprint density at radius 3 is 2.30 bits per heavy atom. The number of carbonyl (C=O) groups excluding carboxylic acids is 1. The molecule has 2 saturated heterocycles. The van der Waals surface area contributed by atoms with Crippen molar-refractivity contribution in [1.29, 1.82) is 0 Å². The van der Waals surface area contributed by atoms with E-state index in [4.69, 9.17) is 9.47 Å². The molecule has 1 amide bonds. The van der Waals surface area contributed by atoms with Gasteiger partial charge in [-0.1, -0.05) is 0 Å². The van der Waals surface area contributed by atoms with Gasteiger partial charge in [-0.05, 0) is 18.2 Å². The highest BCUT2D eigenvalue weighted by Crippen LogP contribution is 2.34. The van der Waals surface area contributed by atoms with Gasteiger partial charge in [-0.15, -0.1) is 0 Å². The molecule has 4 nitrogen and oxygen atoms in total. The third kappa shape index (κ3) is 3.18. The molecule has 0 aliphatic carbocycles. The van der Waals surface area contributed by atoms with E-state index in [1.54, 1.807) is 0 Å². The molecule has 0 saturated carbocycles. The SMILES string of the molecule is O=C(c1ccc(F)c(C(F)(F)F)c1)N1CCC2(CC1)OCCO2. The highest BCUT2D eigenvalue weighted by atomic mass is 19.4. The fourth-order valence-electron chi connectivity index (χ4n) is 2.89. The van der Waals surface area contributed by atoms with Crippen LogP contribution in [0.25, 0.3) is 0 Å². The normalized spacial score (nSPS) is 21.0. The van der Waals surface area contributed by atoms with Crippen molar-refractivity contribution in [3.8, 4) is 0 Å². The lowest BCUT2D eigenvalue weighted by Gasteiger charge is -2.37. The number of halogens is 4. The minimum Gasteiger partial charge on any atom is -0.347 e. The van der Waals surface area contributed by atoms with Crippen LogP contribution in [0.5, 0.6) is 0 Å². The first kappa shape index (κ1) is 16.2. The second-order valence-electron chi connectivity index (χ2n) is 5.59. The van der Waals surface area contributed by atoms with Gasteiger partial charge in [0.25, 0.3) is 5.91 Å². The van der Waals surface area contributed by atoms with Crippen molar-refractivity contribution in [1.82, 2.24) is 4.90 Å². The Morgan fingerprint density at radius 2 is 1.74 bits per heavy atom. The lowest BCUT2D eigenvalue weighted by Crippen LogP contribution is -2.47. The van der Waals surface area contributed by atoms with Gasteiger partial charge in [0.05, 0.1) is 18.8 Å². The van der Waals surface area contributed by atoms with Crippen molar-refractivity contribution < 1.29 is 31.8 Å². The molecule has 2 fully saturated rings. The molecule has 23 heavy (non-hydrogen) atoms. The third-order valence-electron chi connectivity index (χ3n) is 4.14. The number of carbonyl (C=O) groups is 1. The smallest absolute Gasteiger partial charge is 0.347 e. The second kappa shape index (κ2) is 5.76. The number of piperidine rings is 1. The Kier molecular flexibility index (Phi) is 4.05. The molecule has 3 rings (SSSR count). The van der Waals surface area contributed by atoms with Crippen molar-refractivity contribution in [2.24, 2.45) is 0 Å². The fraction of sp³-hybridized carbons (Fsp3) is 0.533. The number of rotatable bonds is 1. The highest BCUT2D eigenvalue weighted by Gasteiger charge is 2.41. The standard InChI is InChI=1S/C15H15F4NO3/c16-12-2-1-10(9-11(12)15(17,18)19)13(21)20-5-3-14(4-6-20)22-7-8-23-14/h1-2,9H,3-8H2. The van der Waals surface area contributed by atoms with E-state index in [1.807, 2.05) is 0 Å². The van der Waals surface area contributed by atoms with Crippen molar-refractivity contribution >= 4 is 5.91 Å². The average molecular weight is 333 g/mol. The van der Waals surface area contributed by atoms with Gasteiger partial charge in [-0.3, -0.25) is 4.79 Å². The first-order valence-corrected chi connectivity index (χ1v) is 7.25. The fourth-order valence-corrected chi connectivity index (χ4v) is 2.89. The first-order chi connectivity index (χ1) is 10.8. The van der Waals surface area contributed by atoms with E-state index in [0.717, 1.165) is 6.07 Å². The van der Waals surface area contributed by atoms with Crippen molar-refractivity contribution in [2.45, 2.75) is 24.8 Å². The molecule has 126 valence electrons. The largest absolute Gasteiger partial charge is 0.419 e. The quantitative estimate of drug-likeness (QED) is 0.742. The predicted molar refractivity (Wildman–Crippen MR) is 71.2 cm³/mol. The van der Waals surface area contributed by atoms with E-state index in [0.29, 0.717) is 51.3 Å². The summed E-state index contributed by atoms with van der Waals surface area (Å²) in [6.45, 7) is 1.64. The summed E-state index contributed by atoms with van der Waals surface area (Å²) in [5.74, 6) is -2.61. The lowest BCUT2D eigenvalue weighted by molar-refractivity contribution is -0.181. The van der Waals surface area contributed by atoms with Crippen LogP contribution in [0.4, 0.5) is 17.6 Å². The molecule has 0 aromatic heterocycles. The number of ether oxygens (including phenoxy) is 2. The summed E-state index contributed by atoms with van der Waals surface area (Å²) in [6, 6.07) is 2.30. The molecule has 0 radical (unpaired) electrons. The number of benzene rings is 1. The Bertz CT molecular complexity index is 601. The van der Waals surface area contributed by atoms with Gasteiger partial charge in [-0.25, -0.2) is 4.39 Å². The van der Waals surface area contributed by atoms with E-state index in [-0.39, 0.29) is 5.56 Å². The number of hydrogen-bond acceptors (Lipinski definition) is 3. The van der Waals surface area contributed by atoms with Crippen molar-refractivity contribution in [3.05, 3.63) is 35.1 Å². The number of alkyl halides is 3. The summed E-state index contributed by atoms with van der Waals surface area (Å²) in [7, 11) is 0. The Morgan fingerprint density at radius 1 is 1.13 bits per heavy atom. The van der Waals surface area contributed by atoms with Crippen LogP contribution in [0, 0.1) is 5.82 Å². The summed E-state index contributed by atoms with van der Waals surface area (Å²) in [4.78, 5) is 13.8. The van der Waals surface area contributed by atoms with Crippen LogP contribution < -0.4 is 0 Å². The Labute approximate surface area is 130 Å². The molecule has 0 N–H and O–H groups in total. The zero-order chi connectivity index (χ0) is 16.7. The van der Waals surface area contributed by atoms with Crippen LogP contribution in [-0.4, -0.2) is 42.9 Å². The topological polar surface area (TPSA) is 38.8 Å². The van der Waals surface area contributed by atoms with Gasteiger partial charge in [-0.2, -0.15) is 13.2 Å². The number of likely N-dealkylation sites (tertiary alicyclic amines) is 1. The highest BCUT2D eigenvalue weighted by molar-refractivity contribution is 5.94. The first-order valence-electron chi connectivity index (χ1n) is 7.25. The second-order valence-corrected chi connectivity index (χ2v) is 5.59. The molecule has 2 aliphatic rings. The van der Waals surface area contributed by atoms with Gasteiger partial charge < -0.3 is 14.4 Å². The molecule has 2 heterocycles. The lowest BCUT2D eigenvalue weighted by atomic mass is 10.0. The average Bonchev–Trinajstić information content (AvgIpc) is 2.95. The van der Waals surface area contributed by atoms with Crippen molar-refractivity contribution in [3.63, 3.8) is 0 Å². The van der Waals surface area contributed by atoms with Crippen molar-refractivity contribution in [2.75, 3.05) is 26.3 Å². The molecule has 0 bridgehead atoms. The van der Waals surface area contributed by atoms with Crippen LogP contribution in [0.15, 0.2) is 18.2 Å². The molecule has 1 spiro atoms. The van der Waals surface area contributed by atoms with Crippen LogP contribution in [-0.2, 0) is 15.7 Å². The molecule has 0 unspecified atom stereocenters. The van der Waals surface area contributed by atoms with E-state index in [9.17, 15) is 22.4 Å². The van der Waals surface area contributed by atoms with E-state index < -0.39 is 29.3 Å². The minimum absolute atomic E-state index is 0.178. The van der Waals surface area contributed by atoms with Crippen LogP contribution >= 0.6 is 0 Å². The zero-order valence-electron chi connectivity index (χ0n) is 12.2. The number of nitrogens with zero attached hydrogens (tertiary/aromatic N) is 1. The third-order valence-corrected chi connectivity index (χ3v) is 4.14. The molecule has 1 aromatic rings. The van der Waals surface area contributed by atoms with Gasteiger partial charge in [0.1, 0.15) is 5.82 Å². The predicted octanol–water partition coefficient (Wildman–Crippen LogP) is 2.82. The summed E-state index contributed by atoms with van der Waals surface area (Å²) in [6.07, 6.45) is -3.91. The summed E-state index contributed by atoms with van der Waals surface area (Å²) in [5, 5.41) is 0. The number of hydrogen-bond donors (Lipinski definition) is 0. The molecule has 1 aromatic carbocycles. The Hall–Kier alpha value is -1.67. The number of amides is 1. The van der Waals surface area contributed by atoms with Crippen LogP contribution in [0.2, 0.25) is 0 Å². The van der Waals surface area contributed by atoms with Crippen LogP contribution in [0.3, 0.4) is 0 Å².